The lowest BCUT2D eigenvalue weighted by atomic mass is 10.2. The predicted octanol–water partition coefficient (Wildman–Crippen LogP) is 1.74. The van der Waals surface area contributed by atoms with Crippen LogP contribution in [0.4, 0.5) is 5.00 Å². The minimum Gasteiger partial charge on any atom is -0.388 e. The number of anilines is 1. The second kappa shape index (κ2) is 5.93. The molecule has 0 amide bonds. The summed E-state index contributed by atoms with van der Waals surface area (Å²) in [7, 11) is 2.09. The molecule has 0 radical (unpaired) electrons. The third kappa shape index (κ3) is 3.59. The standard InChI is InChI=1S/C9H18N4S/c1-3-4-5-6-13(2)7-8-9(10)14-12-11-8/h3-7,10H2,1-2H3. The first-order chi connectivity index (χ1) is 6.74. The maximum absolute atomic E-state index is 5.71. The molecule has 1 aromatic rings. The van der Waals surface area contributed by atoms with Crippen molar-refractivity contribution in [2.24, 2.45) is 0 Å². The van der Waals surface area contributed by atoms with Crippen LogP contribution in [-0.2, 0) is 6.54 Å². The van der Waals surface area contributed by atoms with Crippen molar-refractivity contribution >= 4 is 16.5 Å². The normalized spacial score (nSPS) is 11.1. The zero-order valence-electron chi connectivity index (χ0n) is 8.86. The Kier molecular flexibility index (Phi) is 4.82. The van der Waals surface area contributed by atoms with Gasteiger partial charge < -0.3 is 10.6 Å². The highest BCUT2D eigenvalue weighted by Gasteiger charge is 2.06. The van der Waals surface area contributed by atoms with Crippen LogP contribution in [0.25, 0.3) is 0 Å². The lowest BCUT2D eigenvalue weighted by Gasteiger charge is -2.14. The molecule has 5 heteroatoms. The molecule has 1 aromatic heterocycles. The second-order valence-electron chi connectivity index (χ2n) is 3.53. The first kappa shape index (κ1) is 11.4. The quantitative estimate of drug-likeness (QED) is 0.733. The Labute approximate surface area is 89.3 Å². The highest BCUT2D eigenvalue weighted by molar-refractivity contribution is 7.09. The summed E-state index contributed by atoms with van der Waals surface area (Å²) in [6.07, 6.45) is 3.79. The van der Waals surface area contributed by atoms with Gasteiger partial charge in [0.2, 0.25) is 0 Å². The van der Waals surface area contributed by atoms with Crippen LogP contribution in [-0.4, -0.2) is 28.1 Å². The van der Waals surface area contributed by atoms with Crippen molar-refractivity contribution in [1.82, 2.24) is 14.5 Å². The molecule has 1 rings (SSSR count). The first-order valence-electron chi connectivity index (χ1n) is 4.99. The molecule has 0 spiro atoms. The van der Waals surface area contributed by atoms with Gasteiger partial charge >= 0.3 is 0 Å². The second-order valence-corrected chi connectivity index (χ2v) is 4.31. The van der Waals surface area contributed by atoms with Gasteiger partial charge in [-0.25, -0.2) is 0 Å². The fourth-order valence-electron chi connectivity index (χ4n) is 1.29. The molecule has 0 aromatic carbocycles. The Morgan fingerprint density at radius 2 is 2.21 bits per heavy atom. The number of aromatic nitrogens is 2. The topological polar surface area (TPSA) is 55.0 Å². The van der Waals surface area contributed by atoms with Gasteiger partial charge in [-0.3, -0.25) is 0 Å². The van der Waals surface area contributed by atoms with E-state index in [2.05, 4.69) is 28.5 Å². The fourth-order valence-corrected chi connectivity index (χ4v) is 1.73. The van der Waals surface area contributed by atoms with E-state index in [-0.39, 0.29) is 0 Å². The van der Waals surface area contributed by atoms with Gasteiger partial charge in [0, 0.05) is 18.1 Å². The van der Waals surface area contributed by atoms with E-state index in [0.29, 0.717) is 0 Å². The van der Waals surface area contributed by atoms with E-state index >= 15 is 0 Å². The third-order valence-corrected chi connectivity index (χ3v) is 2.74. The molecule has 0 saturated carbocycles. The van der Waals surface area contributed by atoms with Gasteiger partial charge in [-0.05, 0) is 20.0 Å². The van der Waals surface area contributed by atoms with Crippen molar-refractivity contribution in [2.45, 2.75) is 32.7 Å². The summed E-state index contributed by atoms with van der Waals surface area (Å²) in [5, 5.41) is 4.73. The molecule has 0 aliphatic rings. The number of nitrogens with zero attached hydrogens (tertiary/aromatic N) is 3. The molecule has 0 atom stereocenters. The van der Waals surface area contributed by atoms with E-state index < -0.39 is 0 Å². The van der Waals surface area contributed by atoms with E-state index in [0.717, 1.165) is 23.8 Å². The molecule has 80 valence electrons. The number of nitrogens with two attached hydrogens (primary N) is 1. The van der Waals surface area contributed by atoms with Crippen LogP contribution in [0.1, 0.15) is 31.9 Å². The molecule has 0 saturated heterocycles. The maximum Gasteiger partial charge on any atom is 0.132 e. The fraction of sp³-hybridized carbons (Fsp3) is 0.778. The van der Waals surface area contributed by atoms with Gasteiger partial charge in [-0.2, -0.15) is 0 Å². The summed E-state index contributed by atoms with van der Waals surface area (Å²) >= 11 is 1.26. The molecule has 0 fully saturated rings. The Balaban J connectivity index is 2.27. The van der Waals surface area contributed by atoms with Crippen molar-refractivity contribution in [1.29, 1.82) is 0 Å². The molecule has 0 aliphatic heterocycles. The molecule has 0 aliphatic carbocycles. The summed E-state index contributed by atoms with van der Waals surface area (Å²) in [5.74, 6) is 0. The molecule has 0 unspecified atom stereocenters. The molecule has 0 bridgehead atoms. The highest BCUT2D eigenvalue weighted by atomic mass is 32.1. The zero-order chi connectivity index (χ0) is 10.4. The summed E-state index contributed by atoms with van der Waals surface area (Å²) in [5.41, 5.74) is 6.62. The van der Waals surface area contributed by atoms with Crippen molar-refractivity contribution in [2.75, 3.05) is 19.3 Å². The van der Waals surface area contributed by atoms with Gasteiger partial charge in [0.25, 0.3) is 0 Å². The van der Waals surface area contributed by atoms with Crippen LogP contribution in [0.15, 0.2) is 0 Å². The minimum atomic E-state index is 0.743. The molecule has 4 nitrogen and oxygen atoms in total. The van der Waals surface area contributed by atoms with Crippen molar-refractivity contribution in [3.63, 3.8) is 0 Å². The highest BCUT2D eigenvalue weighted by Crippen LogP contribution is 2.14. The molecular formula is C9H18N4S. The Morgan fingerprint density at radius 1 is 1.43 bits per heavy atom. The molecule has 1 heterocycles. The van der Waals surface area contributed by atoms with E-state index in [1.807, 2.05) is 0 Å². The summed E-state index contributed by atoms with van der Waals surface area (Å²) < 4.78 is 3.81. The largest absolute Gasteiger partial charge is 0.388 e. The van der Waals surface area contributed by atoms with Gasteiger partial charge in [0.1, 0.15) is 10.7 Å². The average Bonchev–Trinajstić information content (AvgIpc) is 2.52. The monoisotopic (exact) mass is 214 g/mol. The first-order valence-corrected chi connectivity index (χ1v) is 5.76. The van der Waals surface area contributed by atoms with Crippen LogP contribution >= 0.6 is 11.5 Å². The third-order valence-electron chi connectivity index (χ3n) is 2.15. The lowest BCUT2D eigenvalue weighted by Crippen LogP contribution is -2.19. The predicted molar refractivity (Wildman–Crippen MR) is 60.2 cm³/mol. The zero-order valence-corrected chi connectivity index (χ0v) is 9.68. The van der Waals surface area contributed by atoms with Crippen molar-refractivity contribution in [3.05, 3.63) is 5.69 Å². The lowest BCUT2D eigenvalue weighted by molar-refractivity contribution is 0.315. The van der Waals surface area contributed by atoms with Crippen LogP contribution in [0, 0.1) is 0 Å². The van der Waals surface area contributed by atoms with Crippen LogP contribution < -0.4 is 5.73 Å². The SMILES string of the molecule is CCCCCN(C)Cc1nnsc1N. The van der Waals surface area contributed by atoms with Gasteiger partial charge in [0.05, 0.1) is 0 Å². The number of nitrogen functional groups attached to an aromatic ring is 1. The van der Waals surface area contributed by atoms with Gasteiger partial charge in [-0.15, -0.1) is 5.10 Å². The Morgan fingerprint density at radius 3 is 2.79 bits per heavy atom. The summed E-state index contributed by atoms with van der Waals surface area (Å²) in [6.45, 7) is 4.12. The van der Waals surface area contributed by atoms with E-state index in [1.165, 1.54) is 30.8 Å². The van der Waals surface area contributed by atoms with E-state index in [9.17, 15) is 0 Å². The number of rotatable bonds is 6. The smallest absolute Gasteiger partial charge is 0.132 e. The van der Waals surface area contributed by atoms with Crippen molar-refractivity contribution < 1.29 is 0 Å². The van der Waals surface area contributed by atoms with Crippen LogP contribution in [0.2, 0.25) is 0 Å². The summed E-state index contributed by atoms with van der Waals surface area (Å²) in [6, 6.07) is 0. The molecule has 14 heavy (non-hydrogen) atoms. The minimum absolute atomic E-state index is 0.743. The molecular weight excluding hydrogens is 196 g/mol. The number of unbranched alkanes of at least 4 members (excludes halogenated alkanes) is 2. The van der Waals surface area contributed by atoms with Crippen LogP contribution in [0.3, 0.4) is 0 Å². The Hall–Kier alpha value is -0.680. The average molecular weight is 214 g/mol. The van der Waals surface area contributed by atoms with Gasteiger partial charge in [-0.1, -0.05) is 24.3 Å². The van der Waals surface area contributed by atoms with E-state index in [1.54, 1.807) is 0 Å². The molecule has 2 N–H and O–H groups in total. The Bertz CT molecular complexity index is 261. The number of hydrogen-bond acceptors (Lipinski definition) is 5. The van der Waals surface area contributed by atoms with E-state index in [4.69, 9.17) is 5.73 Å². The van der Waals surface area contributed by atoms with Crippen LogP contribution in [0.5, 0.6) is 0 Å². The van der Waals surface area contributed by atoms with Gasteiger partial charge in [0.15, 0.2) is 0 Å². The maximum atomic E-state index is 5.71. The van der Waals surface area contributed by atoms with Crippen molar-refractivity contribution in [3.8, 4) is 0 Å². The number of hydrogen-bond donors (Lipinski definition) is 1. The summed E-state index contributed by atoms with van der Waals surface area (Å²) in [4.78, 5) is 2.24.